The minimum absolute atomic E-state index is 0.0398. The van der Waals surface area contributed by atoms with Crippen molar-refractivity contribution in [3.63, 3.8) is 0 Å². The van der Waals surface area contributed by atoms with Crippen molar-refractivity contribution in [3.05, 3.63) is 35.4 Å². The van der Waals surface area contributed by atoms with Gasteiger partial charge in [0.25, 0.3) is 5.91 Å². The Balaban J connectivity index is 1.89. The Labute approximate surface area is 119 Å². The molecule has 106 valence electrons. The van der Waals surface area contributed by atoms with Gasteiger partial charge < -0.3 is 15.8 Å². The summed E-state index contributed by atoms with van der Waals surface area (Å²) in [6.45, 7) is 3.37. The molecule has 4 nitrogen and oxygen atoms in total. The summed E-state index contributed by atoms with van der Waals surface area (Å²) >= 11 is 0. The maximum absolute atomic E-state index is 12.1. The van der Waals surface area contributed by atoms with Gasteiger partial charge in [-0.05, 0) is 37.5 Å². The summed E-state index contributed by atoms with van der Waals surface area (Å²) in [6, 6.07) is 7.77. The number of rotatable bonds is 3. The maximum Gasteiger partial charge on any atom is 0.252 e. The molecule has 1 heterocycles. The fourth-order valence-corrected chi connectivity index (χ4v) is 2.19. The summed E-state index contributed by atoms with van der Waals surface area (Å²) in [5.41, 5.74) is 6.63. The molecule has 1 aliphatic heterocycles. The molecule has 1 saturated heterocycles. The molecule has 3 N–H and O–H groups in total. The van der Waals surface area contributed by atoms with Crippen LogP contribution in [-0.4, -0.2) is 24.7 Å². The van der Waals surface area contributed by atoms with Crippen LogP contribution in [0.2, 0.25) is 0 Å². The number of carbonyl (C=O) groups is 1. The molecule has 1 amide bonds. The quantitative estimate of drug-likeness (QED) is 0.812. The molecule has 1 aromatic rings. The molecule has 1 atom stereocenters. The maximum atomic E-state index is 12.1. The largest absolute Gasteiger partial charge is 0.365 e. The van der Waals surface area contributed by atoms with Gasteiger partial charge in [0.1, 0.15) is 5.60 Å². The highest BCUT2D eigenvalue weighted by atomic mass is 16.5. The van der Waals surface area contributed by atoms with Crippen molar-refractivity contribution in [1.29, 1.82) is 0 Å². The van der Waals surface area contributed by atoms with Crippen molar-refractivity contribution in [2.24, 2.45) is 5.73 Å². The lowest BCUT2D eigenvalue weighted by Crippen LogP contribution is -2.43. The van der Waals surface area contributed by atoms with Gasteiger partial charge in [-0.15, -0.1) is 0 Å². The van der Waals surface area contributed by atoms with Crippen molar-refractivity contribution in [2.75, 3.05) is 13.2 Å². The molecule has 0 aromatic heterocycles. The van der Waals surface area contributed by atoms with Crippen LogP contribution in [0.3, 0.4) is 0 Å². The highest BCUT2D eigenvalue weighted by molar-refractivity contribution is 5.84. The van der Waals surface area contributed by atoms with Crippen molar-refractivity contribution >= 4 is 5.91 Å². The smallest absolute Gasteiger partial charge is 0.252 e. The molecule has 1 aromatic carbocycles. The Morgan fingerprint density at radius 3 is 2.80 bits per heavy atom. The van der Waals surface area contributed by atoms with Crippen LogP contribution in [0.4, 0.5) is 0 Å². The summed E-state index contributed by atoms with van der Waals surface area (Å²) in [4.78, 5) is 12.1. The van der Waals surface area contributed by atoms with Gasteiger partial charge in [0.2, 0.25) is 0 Å². The van der Waals surface area contributed by atoms with Gasteiger partial charge in [-0.2, -0.15) is 0 Å². The first-order chi connectivity index (χ1) is 9.64. The van der Waals surface area contributed by atoms with Gasteiger partial charge in [0.05, 0.1) is 6.54 Å². The molecular weight excluding hydrogens is 252 g/mol. The van der Waals surface area contributed by atoms with Crippen LogP contribution < -0.4 is 11.1 Å². The van der Waals surface area contributed by atoms with E-state index in [9.17, 15) is 4.79 Å². The predicted molar refractivity (Wildman–Crippen MR) is 77.8 cm³/mol. The van der Waals surface area contributed by atoms with E-state index in [1.54, 1.807) is 0 Å². The lowest BCUT2D eigenvalue weighted by molar-refractivity contribution is -0.139. The first kappa shape index (κ1) is 14.6. The average molecular weight is 272 g/mol. The number of hydrogen-bond acceptors (Lipinski definition) is 3. The minimum atomic E-state index is -0.660. The fourth-order valence-electron chi connectivity index (χ4n) is 2.19. The van der Waals surface area contributed by atoms with Crippen molar-refractivity contribution in [1.82, 2.24) is 5.32 Å². The molecule has 2 rings (SSSR count). The first-order valence-corrected chi connectivity index (χ1v) is 6.84. The lowest BCUT2D eigenvalue weighted by atomic mass is 10.0. The molecule has 1 unspecified atom stereocenters. The SMILES string of the molecule is CC1(C(=O)NCc2ccc(C#CCN)cc2)CCCO1. The highest BCUT2D eigenvalue weighted by Crippen LogP contribution is 2.25. The summed E-state index contributed by atoms with van der Waals surface area (Å²) < 4.78 is 5.51. The van der Waals surface area contributed by atoms with Gasteiger partial charge in [0.15, 0.2) is 0 Å². The molecule has 1 fully saturated rings. The number of hydrogen-bond donors (Lipinski definition) is 2. The van der Waals surface area contributed by atoms with Crippen LogP contribution >= 0.6 is 0 Å². The van der Waals surface area contributed by atoms with Crippen LogP contribution in [0.1, 0.15) is 30.9 Å². The normalized spacial score (nSPS) is 21.1. The first-order valence-electron chi connectivity index (χ1n) is 6.84. The minimum Gasteiger partial charge on any atom is -0.365 e. The van der Waals surface area contributed by atoms with E-state index in [1.807, 2.05) is 31.2 Å². The van der Waals surface area contributed by atoms with Crippen molar-refractivity contribution < 1.29 is 9.53 Å². The van der Waals surface area contributed by atoms with Crippen molar-refractivity contribution in [2.45, 2.75) is 31.9 Å². The van der Waals surface area contributed by atoms with Gasteiger partial charge in [0, 0.05) is 18.7 Å². The number of ether oxygens (including phenoxy) is 1. The zero-order valence-electron chi connectivity index (χ0n) is 11.7. The van der Waals surface area contributed by atoms with Crippen molar-refractivity contribution in [3.8, 4) is 11.8 Å². The third kappa shape index (κ3) is 3.60. The summed E-state index contributed by atoms with van der Waals surface area (Å²) in [7, 11) is 0. The second-order valence-electron chi connectivity index (χ2n) is 5.07. The third-order valence-corrected chi connectivity index (χ3v) is 3.44. The van der Waals surface area contributed by atoms with Crippen LogP contribution in [0.15, 0.2) is 24.3 Å². The second kappa shape index (κ2) is 6.56. The van der Waals surface area contributed by atoms with E-state index in [-0.39, 0.29) is 5.91 Å². The van der Waals surface area contributed by atoms with Crippen LogP contribution in [0.5, 0.6) is 0 Å². The standard InChI is InChI=1S/C16H20N2O2/c1-16(9-3-11-20-16)15(19)18-12-14-7-5-13(6-8-14)4-2-10-17/h5-8H,3,9-12,17H2,1H3,(H,18,19). The molecule has 20 heavy (non-hydrogen) atoms. The number of nitrogens with two attached hydrogens (primary N) is 1. The number of benzene rings is 1. The number of amides is 1. The molecule has 4 heteroatoms. The highest BCUT2D eigenvalue weighted by Gasteiger charge is 2.37. The molecule has 0 bridgehead atoms. The summed E-state index contributed by atoms with van der Waals surface area (Å²) in [5.74, 6) is 5.73. The Morgan fingerprint density at radius 2 is 2.20 bits per heavy atom. The Hall–Kier alpha value is -1.83. The monoisotopic (exact) mass is 272 g/mol. The topological polar surface area (TPSA) is 64.4 Å². The number of carbonyl (C=O) groups excluding carboxylic acids is 1. The van der Waals surface area contributed by atoms with Gasteiger partial charge in [-0.1, -0.05) is 24.0 Å². The Bertz CT molecular complexity index is 520. The van der Waals surface area contributed by atoms with E-state index in [4.69, 9.17) is 10.5 Å². The zero-order chi connectivity index (χ0) is 14.4. The van der Waals surface area contributed by atoms with E-state index in [0.717, 1.165) is 24.0 Å². The predicted octanol–water partition coefficient (Wildman–Crippen LogP) is 1.18. The van der Waals surface area contributed by atoms with E-state index >= 15 is 0 Å². The van der Waals surface area contributed by atoms with E-state index in [0.29, 0.717) is 19.7 Å². The fraction of sp³-hybridized carbons (Fsp3) is 0.438. The molecule has 1 aliphatic rings. The average Bonchev–Trinajstić information content (AvgIpc) is 2.92. The molecule has 0 aliphatic carbocycles. The van der Waals surface area contributed by atoms with E-state index in [2.05, 4.69) is 17.2 Å². The molecule has 0 saturated carbocycles. The zero-order valence-corrected chi connectivity index (χ0v) is 11.7. The van der Waals surface area contributed by atoms with Gasteiger partial charge in [-0.3, -0.25) is 4.79 Å². The van der Waals surface area contributed by atoms with Crippen LogP contribution in [0, 0.1) is 11.8 Å². The van der Waals surface area contributed by atoms with Crippen LogP contribution in [-0.2, 0) is 16.1 Å². The summed E-state index contributed by atoms with van der Waals surface area (Å²) in [6.07, 6.45) is 1.73. The Kier molecular flexibility index (Phi) is 4.78. The number of nitrogens with one attached hydrogen (secondary N) is 1. The van der Waals surface area contributed by atoms with Crippen LogP contribution in [0.25, 0.3) is 0 Å². The summed E-state index contributed by atoms with van der Waals surface area (Å²) in [5, 5.41) is 2.92. The molecule has 0 radical (unpaired) electrons. The third-order valence-electron chi connectivity index (χ3n) is 3.44. The molecular formula is C16H20N2O2. The Morgan fingerprint density at radius 1 is 1.45 bits per heavy atom. The lowest BCUT2D eigenvalue weighted by Gasteiger charge is -2.21. The van der Waals surface area contributed by atoms with E-state index in [1.165, 1.54) is 0 Å². The van der Waals surface area contributed by atoms with Gasteiger partial charge in [-0.25, -0.2) is 0 Å². The van der Waals surface area contributed by atoms with E-state index < -0.39 is 5.60 Å². The second-order valence-corrected chi connectivity index (χ2v) is 5.07. The molecule has 0 spiro atoms. The van der Waals surface area contributed by atoms with Gasteiger partial charge >= 0.3 is 0 Å².